The molecule has 0 saturated carbocycles. The first-order valence-electron chi connectivity index (χ1n) is 8.40. The van der Waals surface area contributed by atoms with Crippen LogP contribution in [0.25, 0.3) is 0 Å². The minimum atomic E-state index is -0.0915. The number of allylic oxidation sites excluding steroid dienone is 1. The molecule has 1 heterocycles. The molecule has 0 spiro atoms. The van der Waals surface area contributed by atoms with Gasteiger partial charge in [-0.1, -0.05) is 45.0 Å². The summed E-state index contributed by atoms with van der Waals surface area (Å²) < 4.78 is 5.22. The summed E-state index contributed by atoms with van der Waals surface area (Å²) in [5.41, 5.74) is 1.50. The van der Waals surface area contributed by atoms with E-state index in [0.29, 0.717) is 10.1 Å². The summed E-state index contributed by atoms with van der Waals surface area (Å²) in [5, 5.41) is 0.655. The van der Waals surface area contributed by atoms with Crippen molar-refractivity contribution in [2.24, 2.45) is 10.4 Å². The fourth-order valence-electron chi connectivity index (χ4n) is 2.51. The number of amidine groups is 1. The second kappa shape index (κ2) is 7.38. The standard InChI is InChI=1S/C21H22N2O2S/c1-21(2,3)14-18-19(24)23(16-10-12-17(25-4)13-11-16)20(26-18)22-15-8-6-5-7-9-15/h5-14H,1-4H3/b18-14-,22-20?. The number of hydrogen-bond acceptors (Lipinski definition) is 4. The van der Waals surface area contributed by atoms with Gasteiger partial charge in [0.15, 0.2) is 5.17 Å². The molecule has 4 nitrogen and oxygen atoms in total. The van der Waals surface area contributed by atoms with Crippen LogP contribution in [-0.2, 0) is 4.79 Å². The van der Waals surface area contributed by atoms with Crippen LogP contribution in [0.1, 0.15) is 20.8 Å². The van der Waals surface area contributed by atoms with Gasteiger partial charge < -0.3 is 4.74 Å². The molecule has 0 N–H and O–H groups in total. The summed E-state index contributed by atoms with van der Waals surface area (Å²) >= 11 is 1.41. The number of benzene rings is 2. The number of anilines is 1. The number of carbonyl (C=O) groups excluding carboxylic acids is 1. The second-order valence-corrected chi connectivity index (χ2v) is 8.05. The quantitative estimate of drug-likeness (QED) is 0.684. The highest BCUT2D eigenvalue weighted by Gasteiger charge is 2.35. The first-order valence-corrected chi connectivity index (χ1v) is 9.22. The molecule has 1 fully saturated rings. The first kappa shape index (κ1) is 18.3. The van der Waals surface area contributed by atoms with Gasteiger partial charge in [0.25, 0.3) is 5.91 Å². The molecule has 2 aromatic carbocycles. The number of ether oxygens (including phenoxy) is 1. The fraction of sp³-hybridized carbons (Fsp3) is 0.238. The zero-order valence-corrected chi connectivity index (χ0v) is 16.2. The molecule has 0 radical (unpaired) electrons. The molecule has 0 unspecified atom stereocenters. The Hall–Kier alpha value is -2.53. The fourth-order valence-corrected chi connectivity index (χ4v) is 3.73. The highest BCUT2D eigenvalue weighted by Crippen LogP contribution is 2.38. The normalized spacial score (nSPS) is 18.0. The van der Waals surface area contributed by atoms with Gasteiger partial charge in [0.05, 0.1) is 23.4 Å². The van der Waals surface area contributed by atoms with E-state index in [2.05, 4.69) is 20.8 Å². The van der Waals surface area contributed by atoms with Crippen LogP contribution in [0.15, 0.2) is 70.6 Å². The van der Waals surface area contributed by atoms with Crippen molar-refractivity contribution in [1.82, 2.24) is 0 Å². The topological polar surface area (TPSA) is 41.9 Å². The Morgan fingerprint density at radius 1 is 1.04 bits per heavy atom. The van der Waals surface area contributed by atoms with Crippen LogP contribution in [0.3, 0.4) is 0 Å². The van der Waals surface area contributed by atoms with Gasteiger partial charge in [-0.15, -0.1) is 0 Å². The number of aliphatic imine (C=N–C) groups is 1. The molecule has 1 saturated heterocycles. The monoisotopic (exact) mass is 366 g/mol. The lowest BCUT2D eigenvalue weighted by molar-refractivity contribution is -0.113. The van der Waals surface area contributed by atoms with Crippen molar-refractivity contribution in [2.75, 3.05) is 12.0 Å². The largest absolute Gasteiger partial charge is 0.497 e. The maximum atomic E-state index is 13.1. The lowest BCUT2D eigenvalue weighted by atomic mass is 9.96. The number of carbonyl (C=O) groups is 1. The molecule has 2 aromatic rings. The van der Waals surface area contributed by atoms with Gasteiger partial charge >= 0.3 is 0 Å². The van der Waals surface area contributed by atoms with Gasteiger partial charge in [0, 0.05) is 0 Å². The van der Waals surface area contributed by atoms with E-state index in [4.69, 9.17) is 9.73 Å². The van der Waals surface area contributed by atoms with E-state index in [1.54, 1.807) is 12.0 Å². The Morgan fingerprint density at radius 2 is 1.69 bits per heavy atom. The predicted octanol–water partition coefficient (Wildman–Crippen LogP) is 5.39. The molecule has 1 aliphatic rings. The molecule has 1 amide bonds. The van der Waals surface area contributed by atoms with E-state index in [9.17, 15) is 4.79 Å². The lowest BCUT2D eigenvalue weighted by Crippen LogP contribution is -2.28. The number of para-hydroxylation sites is 1. The first-order chi connectivity index (χ1) is 12.4. The van der Waals surface area contributed by atoms with E-state index in [1.165, 1.54) is 11.8 Å². The average molecular weight is 366 g/mol. The molecule has 1 aliphatic heterocycles. The summed E-state index contributed by atoms with van der Waals surface area (Å²) in [4.78, 5) is 20.1. The zero-order valence-electron chi connectivity index (χ0n) is 15.4. The van der Waals surface area contributed by atoms with Gasteiger partial charge in [-0.3, -0.25) is 9.69 Å². The van der Waals surface area contributed by atoms with Crippen LogP contribution in [0.2, 0.25) is 0 Å². The summed E-state index contributed by atoms with van der Waals surface area (Å²) in [7, 11) is 1.62. The van der Waals surface area contributed by atoms with Crippen LogP contribution >= 0.6 is 11.8 Å². The van der Waals surface area contributed by atoms with Crippen molar-refractivity contribution in [2.45, 2.75) is 20.8 Å². The molecule has 26 heavy (non-hydrogen) atoms. The molecule has 5 heteroatoms. The van der Waals surface area contributed by atoms with Gasteiger partial charge in [-0.25, -0.2) is 4.99 Å². The van der Waals surface area contributed by atoms with Gasteiger partial charge in [-0.05, 0) is 53.6 Å². The molecule has 0 bridgehead atoms. The third-order valence-electron chi connectivity index (χ3n) is 3.68. The number of nitrogens with zero attached hydrogens (tertiary/aromatic N) is 2. The van der Waals surface area contributed by atoms with E-state index in [0.717, 1.165) is 17.1 Å². The maximum absolute atomic E-state index is 13.1. The summed E-state index contributed by atoms with van der Waals surface area (Å²) in [6.45, 7) is 6.24. The van der Waals surface area contributed by atoms with Crippen LogP contribution in [0.5, 0.6) is 5.75 Å². The summed E-state index contributed by atoms with van der Waals surface area (Å²) in [5.74, 6) is 0.699. The van der Waals surface area contributed by atoms with Crippen molar-refractivity contribution >= 4 is 34.2 Å². The Labute approximate surface area is 158 Å². The molecular formula is C21H22N2O2S. The Kier molecular flexibility index (Phi) is 5.18. The van der Waals surface area contributed by atoms with Gasteiger partial charge in [0.2, 0.25) is 0 Å². The smallest absolute Gasteiger partial charge is 0.271 e. The van der Waals surface area contributed by atoms with Crippen LogP contribution in [0.4, 0.5) is 11.4 Å². The Balaban J connectivity index is 2.05. The third kappa shape index (κ3) is 4.17. The van der Waals surface area contributed by atoms with Crippen LogP contribution in [-0.4, -0.2) is 18.2 Å². The summed E-state index contributed by atoms with van der Waals surface area (Å²) in [6, 6.07) is 17.1. The van der Waals surface area contributed by atoms with E-state index in [-0.39, 0.29) is 11.3 Å². The number of thioether (sulfide) groups is 1. The zero-order chi connectivity index (χ0) is 18.7. The van der Waals surface area contributed by atoms with E-state index < -0.39 is 0 Å². The predicted molar refractivity (Wildman–Crippen MR) is 109 cm³/mol. The maximum Gasteiger partial charge on any atom is 0.271 e. The van der Waals surface area contributed by atoms with Crippen LogP contribution in [0, 0.1) is 5.41 Å². The summed E-state index contributed by atoms with van der Waals surface area (Å²) in [6.07, 6.45) is 2.00. The molecule has 0 aromatic heterocycles. The van der Waals surface area contributed by atoms with Crippen molar-refractivity contribution in [3.8, 4) is 5.75 Å². The molecule has 134 valence electrons. The highest BCUT2D eigenvalue weighted by molar-refractivity contribution is 8.19. The van der Waals surface area contributed by atoms with Crippen molar-refractivity contribution in [1.29, 1.82) is 0 Å². The molecule has 0 atom stereocenters. The van der Waals surface area contributed by atoms with E-state index in [1.807, 2.05) is 60.7 Å². The van der Waals surface area contributed by atoms with Gasteiger partial charge in [0.1, 0.15) is 5.75 Å². The third-order valence-corrected chi connectivity index (χ3v) is 4.65. The highest BCUT2D eigenvalue weighted by atomic mass is 32.2. The SMILES string of the molecule is COc1ccc(N2C(=O)/C(=C/C(C)(C)C)SC2=Nc2ccccc2)cc1. The number of rotatable bonds is 3. The Bertz CT molecular complexity index is 850. The minimum absolute atomic E-state index is 0.0511. The number of methoxy groups -OCH3 is 1. The number of hydrogen-bond donors (Lipinski definition) is 0. The Morgan fingerprint density at radius 3 is 2.27 bits per heavy atom. The van der Waals surface area contributed by atoms with Crippen LogP contribution < -0.4 is 9.64 Å². The minimum Gasteiger partial charge on any atom is -0.497 e. The van der Waals surface area contributed by atoms with Crippen molar-refractivity contribution < 1.29 is 9.53 Å². The van der Waals surface area contributed by atoms with Crippen molar-refractivity contribution in [3.63, 3.8) is 0 Å². The second-order valence-electron chi connectivity index (χ2n) is 7.05. The number of amides is 1. The molecule has 0 aliphatic carbocycles. The van der Waals surface area contributed by atoms with Crippen molar-refractivity contribution in [3.05, 3.63) is 65.6 Å². The molecular weight excluding hydrogens is 344 g/mol. The lowest BCUT2D eigenvalue weighted by Gasteiger charge is -2.16. The average Bonchev–Trinajstić information content (AvgIpc) is 2.89. The van der Waals surface area contributed by atoms with Gasteiger partial charge in [-0.2, -0.15) is 0 Å². The molecule has 3 rings (SSSR count). The van der Waals surface area contributed by atoms with E-state index >= 15 is 0 Å².